The number of piperidine rings is 1. The highest BCUT2D eigenvalue weighted by molar-refractivity contribution is 5.94. The van der Waals surface area contributed by atoms with E-state index < -0.39 is 12.0 Å². The van der Waals surface area contributed by atoms with Gasteiger partial charge in [-0.3, -0.25) is 4.90 Å². The van der Waals surface area contributed by atoms with Crippen molar-refractivity contribution in [2.24, 2.45) is 0 Å². The Hall–Kier alpha value is -2.24. The number of carboxylic acids is 1. The highest BCUT2D eigenvalue weighted by Gasteiger charge is 2.33. The molecule has 6 heteroatoms. The Morgan fingerprint density at radius 2 is 1.90 bits per heavy atom. The van der Waals surface area contributed by atoms with Crippen LogP contribution in [0.5, 0.6) is 5.75 Å². The summed E-state index contributed by atoms with van der Waals surface area (Å²) in [7, 11) is 1.60. The van der Waals surface area contributed by atoms with Crippen molar-refractivity contribution in [2.45, 2.75) is 25.3 Å². The van der Waals surface area contributed by atoms with Gasteiger partial charge < -0.3 is 15.1 Å². The molecule has 2 rings (SSSR count). The molecule has 6 nitrogen and oxygen atoms in total. The molecule has 1 aliphatic rings. The summed E-state index contributed by atoms with van der Waals surface area (Å²) in [6, 6.07) is 5.13. The second-order valence-corrected chi connectivity index (χ2v) is 4.90. The SMILES string of the molecule is CN(C(=O)N1CCCCC1C(=O)O)c1ccc(O)cc1. The van der Waals surface area contributed by atoms with Crippen LogP contribution >= 0.6 is 0 Å². The van der Waals surface area contributed by atoms with Gasteiger partial charge in [-0.1, -0.05) is 0 Å². The molecule has 20 heavy (non-hydrogen) atoms. The Morgan fingerprint density at radius 3 is 2.50 bits per heavy atom. The van der Waals surface area contributed by atoms with Gasteiger partial charge in [-0.2, -0.15) is 0 Å². The predicted octanol–water partition coefficient (Wildman–Crippen LogP) is 1.89. The summed E-state index contributed by atoms with van der Waals surface area (Å²) in [5.74, 6) is -0.840. The van der Waals surface area contributed by atoms with Gasteiger partial charge in [0.05, 0.1) is 0 Å². The van der Waals surface area contributed by atoms with Crippen LogP contribution in [-0.2, 0) is 4.79 Å². The molecule has 2 amide bonds. The summed E-state index contributed by atoms with van der Waals surface area (Å²) in [4.78, 5) is 26.5. The van der Waals surface area contributed by atoms with Crippen molar-refractivity contribution in [1.29, 1.82) is 0 Å². The number of benzene rings is 1. The third-order valence-corrected chi connectivity index (χ3v) is 3.56. The van der Waals surface area contributed by atoms with Crippen LogP contribution < -0.4 is 4.90 Å². The first-order valence-corrected chi connectivity index (χ1v) is 6.57. The zero-order valence-electron chi connectivity index (χ0n) is 11.3. The van der Waals surface area contributed by atoms with Gasteiger partial charge in [0.15, 0.2) is 0 Å². The number of phenols is 1. The van der Waals surface area contributed by atoms with Crippen LogP contribution in [0.4, 0.5) is 10.5 Å². The van der Waals surface area contributed by atoms with E-state index in [1.165, 1.54) is 21.9 Å². The van der Waals surface area contributed by atoms with Gasteiger partial charge in [0.25, 0.3) is 0 Å². The van der Waals surface area contributed by atoms with Crippen molar-refractivity contribution in [3.05, 3.63) is 24.3 Å². The minimum atomic E-state index is -0.961. The number of aromatic hydroxyl groups is 1. The first-order chi connectivity index (χ1) is 9.50. The van der Waals surface area contributed by atoms with Gasteiger partial charge in [0.2, 0.25) is 0 Å². The average Bonchev–Trinajstić information content (AvgIpc) is 2.46. The highest BCUT2D eigenvalue weighted by Crippen LogP contribution is 2.22. The van der Waals surface area contributed by atoms with Gasteiger partial charge in [0, 0.05) is 19.3 Å². The number of carbonyl (C=O) groups is 2. The molecular weight excluding hydrogens is 260 g/mol. The predicted molar refractivity (Wildman–Crippen MR) is 73.9 cm³/mol. The average molecular weight is 278 g/mol. The lowest BCUT2D eigenvalue weighted by atomic mass is 10.0. The van der Waals surface area contributed by atoms with E-state index in [9.17, 15) is 19.8 Å². The summed E-state index contributed by atoms with van der Waals surface area (Å²) < 4.78 is 0. The first-order valence-electron chi connectivity index (χ1n) is 6.57. The number of rotatable bonds is 2. The summed E-state index contributed by atoms with van der Waals surface area (Å²) in [6.07, 6.45) is 2.13. The van der Waals surface area contributed by atoms with Crippen molar-refractivity contribution < 1.29 is 19.8 Å². The maximum atomic E-state index is 12.4. The number of amides is 2. The van der Waals surface area contributed by atoms with Crippen molar-refractivity contribution in [1.82, 2.24) is 4.90 Å². The van der Waals surface area contributed by atoms with E-state index >= 15 is 0 Å². The lowest BCUT2D eigenvalue weighted by Crippen LogP contribution is -2.52. The molecule has 0 saturated carbocycles. The van der Waals surface area contributed by atoms with Crippen LogP contribution in [0.15, 0.2) is 24.3 Å². The molecule has 1 saturated heterocycles. The maximum Gasteiger partial charge on any atom is 0.326 e. The van der Waals surface area contributed by atoms with E-state index in [1.807, 2.05) is 0 Å². The number of aliphatic carboxylic acids is 1. The van der Waals surface area contributed by atoms with Crippen molar-refractivity contribution in [3.8, 4) is 5.75 Å². The van der Waals surface area contributed by atoms with Crippen LogP contribution in [0.3, 0.4) is 0 Å². The number of anilines is 1. The van der Waals surface area contributed by atoms with Gasteiger partial charge in [0.1, 0.15) is 11.8 Å². The summed E-state index contributed by atoms with van der Waals surface area (Å²) in [6.45, 7) is 0.457. The molecule has 1 aromatic rings. The largest absolute Gasteiger partial charge is 0.508 e. The maximum absolute atomic E-state index is 12.4. The van der Waals surface area contributed by atoms with Crippen LogP contribution in [-0.4, -0.2) is 46.7 Å². The zero-order valence-corrected chi connectivity index (χ0v) is 11.3. The summed E-state index contributed by atoms with van der Waals surface area (Å²) in [5, 5.41) is 18.4. The second kappa shape index (κ2) is 5.81. The normalized spacial score (nSPS) is 18.6. The molecule has 0 radical (unpaired) electrons. The molecule has 0 aliphatic carbocycles. The molecule has 1 fully saturated rings. The molecule has 1 aromatic carbocycles. The number of phenolic OH excluding ortho intramolecular Hbond substituents is 1. The van der Waals surface area contributed by atoms with E-state index in [0.717, 1.165) is 12.8 Å². The Morgan fingerprint density at radius 1 is 1.25 bits per heavy atom. The van der Waals surface area contributed by atoms with Gasteiger partial charge in [-0.25, -0.2) is 9.59 Å². The second-order valence-electron chi connectivity index (χ2n) is 4.90. The molecule has 0 bridgehead atoms. The van der Waals surface area contributed by atoms with E-state index in [-0.39, 0.29) is 11.8 Å². The fourth-order valence-electron chi connectivity index (χ4n) is 2.40. The standard InChI is InChI=1S/C14H18N2O4/c1-15(10-5-7-11(17)8-6-10)14(20)16-9-3-2-4-12(16)13(18)19/h5-8,12,17H,2-4,9H2,1H3,(H,18,19). The zero-order chi connectivity index (χ0) is 14.7. The van der Waals surface area contributed by atoms with Crippen LogP contribution in [0.1, 0.15) is 19.3 Å². The molecule has 0 spiro atoms. The number of likely N-dealkylation sites (tertiary alicyclic amines) is 1. The van der Waals surface area contributed by atoms with E-state index in [2.05, 4.69) is 0 Å². The Labute approximate surface area is 117 Å². The fourth-order valence-corrected chi connectivity index (χ4v) is 2.40. The minimum Gasteiger partial charge on any atom is -0.508 e. The molecule has 1 aliphatic heterocycles. The van der Waals surface area contributed by atoms with Gasteiger partial charge in [-0.05, 0) is 43.5 Å². The van der Waals surface area contributed by atoms with E-state index in [4.69, 9.17) is 0 Å². The lowest BCUT2D eigenvalue weighted by molar-refractivity contribution is -0.143. The number of carbonyl (C=O) groups excluding carboxylic acids is 1. The molecular formula is C14H18N2O4. The van der Waals surface area contributed by atoms with E-state index in [1.54, 1.807) is 19.2 Å². The third-order valence-electron chi connectivity index (χ3n) is 3.56. The number of hydrogen-bond acceptors (Lipinski definition) is 3. The van der Waals surface area contributed by atoms with Gasteiger partial charge in [-0.15, -0.1) is 0 Å². The van der Waals surface area contributed by atoms with E-state index in [0.29, 0.717) is 18.7 Å². The summed E-state index contributed by atoms with van der Waals surface area (Å²) in [5.41, 5.74) is 0.613. The topological polar surface area (TPSA) is 81.1 Å². The number of hydrogen-bond donors (Lipinski definition) is 2. The van der Waals surface area contributed by atoms with Crippen molar-refractivity contribution >= 4 is 17.7 Å². The van der Waals surface area contributed by atoms with Crippen molar-refractivity contribution in [3.63, 3.8) is 0 Å². The Kier molecular flexibility index (Phi) is 4.12. The molecule has 0 aromatic heterocycles. The van der Waals surface area contributed by atoms with Crippen LogP contribution in [0.2, 0.25) is 0 Å². The Balaban J connectivity index is 2.16. The van der Waals surface area contributed by atoms with Crippen LogP contribution in [0.25, 0.3) is 0 Å². The molecule has 108 valence electrons. The Bertz CT molecular complexity index is 500. The molecule has 1 heterocycles. The van der Waals surface area contributed by atoms with Crippen LogP contribution in [0, 0.1) is 0 Å². The molecule has 1 atom stereocenters. The number of urea groups is 1. The van der Waals surface area contributed by atoms with Gasteiger partial charge >= 0.3 is 12.0 Å². The number of nitrogens with zero attached hydrogens (tertiary/aromatic N) is 2. The fraction of sp³-hybridized carbons (Fsp3) is 0.429. The molecule has 2 N–H and O–H groups in total. The minimum absolute atomic E-state index is 0.121. The summed E-state index contributed by atoms with van der Waals surface area (Å²) >= 11 is 0. The lowest BCUT2D eigenvalue weighted by Gasteiger charge is -2.35. The first kappa shape index (κ1) is 14.2. The van der Waals surface area contributed by atoms with Crippen molar-refractivity contribution in [2.75, 3.05) is 18.5 Å². The highest BCUT2D eigenvalue weighted by atomic mass is 16.4. The monoisotopic (exact) mass is 278 g/mol. The smallest absolute Gasteiger partial charge is 0.326 e. The molecule has 1 unspecified atom stereocenters. The third kappa shape index (κ3) is 2.84. The number of carboxylic acid groups (broad SMARTS) is 1. The quantitative estimate of drug-likeness (QED) is 0.865.